The Balaban J connectivity index is 1.82. The number of ether oxygens (including phenoxy) is 1. The minimum absolute atomic E-state index is 0.0646. The van der Waals surface area contributed by atoms with Gasteiger partial charge < -0.3 is 14.7 Å². The van der Waals surface area contributed by atoms with E-state index in [4.69, 9.17) is 4.74 Å². The predicted octanol–water partition coefficient (Wildman–Crippen LogP) is 3.46. The minimum Gasteiger partial charge on any atom is -0.491 e. The van der Waals surface area contributed by atoms with E-state index in [1.54, 1.807) is 0 Å². The molecule has 0 amide bonds. The van der Waals surface area contributed by atoms with Crippen LogP contribution < -0.4 is 9.64 Å². The first-order valence-electron chi connectivity index (χ1n) is 8.30. The molecule has 2 aliphatic rings. The van der Waals surface area contributed by atoms with Gasteiger partial charge in [0.2, 0.25) is 0 Å². The van der Waals surface area contributed by atoms with Crippen LogP contribution in [0.4, 0.5) is 5.69 Å². The van der Waals surface area contributed by atoms with Gasteiger partial charge in [-0.25, -0.2) is 0 Å². The molecule has 116 valence electrons. The summed E-state index contributed by atoms with van der Waals surface area (Å²) in [6.07, 6.45) is 5.89. The van der Waals surface area contributed by atoms with Crippen molar-refractivity contribution in [3.05, 3.63) is 24.3 Å². The predicted molar refractivity (Wildman–Crippen MR) is 85.9 cm³/mol. The van der Waals surface area contributed by atoms with Crippen LogP contribution in [0.1, 0.15) is 39.0 Å². The summed E-state index contributed by atoms with van der Waals surface area (Å²) in [5.41, 5.74) is 1.26. The second-order valence-corrected chi connectivity index (χ2v) is 6.95. The van der Waals surface area contributed by atoms with Crippen molar-refractivity contribution in [1.82, 2.24) is 0 Å². The molecule has 2 unspecified atom stereocenters. The Morgan fingerprint density at radius 1 is 1.33 bits per heavy atom. The van der Waals surface area contributed by atoms with Crippen LogP contribution in [0.3, 0.4) is 0 Å². The van der Waals surface area contributed by atoms with E-state index in [1.807, 2.05) is 6.07 Å². The van der Waals surface area contributed by atoms with Crippen LogP contribution in [0.15, 0.2) is 24.3 Å². The fourth-order valence-corrected chi connectivity index (χ4v) is 4.07. The van der Waals surface area contributed by atoms with E-state index in [2.05, 4.69) is 30.0 Å². The third-order valence-corrected chi connectivity index (χ3v) is 5.08. The Morgan fingerprint density at radius 3 is 3.00 bits per heavy atom. The van der Waals surface area contributed by atoms with Gasteiger partial charge in [-0.1, -0.05) is 31.9 Å². The molecule has 3 nitrogen and oxygen atoms in total. The number of benzene rings is 1. The van der Waals surface area contributed by atoms with Crippen molar-refractivity contribution < 1.29 is 9.84 Å². The molecule has 3 heteroatoms. The lowest BCUT2D eigenvalue weighted by Gasteiger charge is -2.42. The molecule has 0 radical (unpaired) electrons. The lowest BCUT2D eigenvalue weighted by molar-refractivity contribution is 0.0666. The van der Waals surface area contributed by atoms with E-state index < -0.39 is 0 Å². The molecule has 1 heterocycles. The summed E-state index contributed by atoms with van der Waals surface area (Å²) in [6.45, 7) is 5.39. The molecule has 1 aromatic rings. The van der Waals surface area contributed by atoms with Crippen molar-refractivity contribution in [2.45, 2.75) is 39.0 Å². The van der Waals surface area contributed by atoms with Gasteiger partial charge in [0.1, 0.15) is 5.75 Å². The number of aliphatic hydroxyl groups is 1. The van der Waals surface area contributed by atoms with E-state index in [9.17, 15) is 5.11 Å². The molecule has 0 spiro atoms. The highest BCUT2D eigenvalue weighted by Crippen LogP contribution is 2.42. The molecule has 1 N–H and O–H groups in total. The normalized spacial score (nSPS) is 29.4. The summed E-state index contributed by atoms with van der Waals surface area (Å²) < 4.78 is 5.85. The van der Waals surface area contributed by atoms with Crippen LogP contribution in [0.5, 0.6) is 5.75 Å². The summed E-state index contributed by atoms with van der Waals surface area (Å²) in [7, 11) is 0. The summed E-state index contributed by atoms with van der Waals surface area (Å²) in [5.74, 6) is 1.72. The fraction of sp³-hybridized carbons (Fsp3) is 0.667. The average molecular weight is 289 g/mol. The summed E-state index contributed by atoms with van der Waals surface area (Å²) in [4.78, 5) is 2.44. The zero-order chi connectivity index (χ0) is 14.7. The molecule has 3 rings (SSSR count). The Kier molecular flexibility index (Phi) is 4.39. The van der Waals surface area contributed by atoms with E-state index in [0.717, 1.165) is 50.6 Å². The number of anilines is 1. The van der Waals surface area contributed by atoms with Crippen LogP contribution in [0, 0.1) is 11.3 Å². The molecule has 0 saturated heterocycles. The van der Waals surface area contributed by atoms with Crippen LogP contribution in [0.25, 0.3) is 0 Å². The number of hydrogen-bond donors (Lipinski definition) is 1. The molecule has 1 aliphatic carbocycles. The maximum absolute atomic E-state index is 10.1. The second-order valence-electron chi connectivity index (χ2n) is 6.95. The lowest BCUT2D eigenvalue weighted by Crippen LogP contribution is -2.43. The van der Waals surface area contributed by atoms with Gasteiger partial charge in [0.25, 0.3) is 0 Å². The average Bonchev–Trinajstić information content (AvgIpc) is 2.70. The van der Waals surface area contributed by atoms with Gasteiger partial charge in [-0.05, 0) is 37.3 Å². The Labute approximate surface area is 127 Å². The van der Waals surface area contributed by atoms with Gasteiger partial charge in [-0.3, -0.25) is 0 Å². The van der Waals surface area contributed by atoms with Gasteiger partial charge >= 0.3 is 0 Å². The number of hydrogen-bond acceptors (Lipinski definition) is 3. The SMILES string of the molecule is CC1CCCC(CO)(CN2CCCOc3ccccc32)C1. The van der Waals surface area contributed by atoms with Crippen LogP contribution in [-0.4, -0.2) is 31.4 Å². The zero-order valence-corrected chi connectivity index (χ0v) is 13.1. The zero-order valence-electron chi connectivity index (χ0n) is 13.1. The van der Waals surface area contributed by atoms with Crippen LogP contribution >= 0.6 is 0 Å². The van der Waals surface area contributed by atoms with E-state index >= 15 is 0 Å². The van der Waals surface area contributed by atoms with Crippen molar-refractivity contribution in [1.29, 1.82) is 0 Å². The first-order chi connectivity index (χ1) is 10.2. The van der Waals surface area contributed by atoms with E-state index in [0.29, 0.717) is 6.61 Å². The largest absolute Gasteiger partial charge is 0.491 e. The van der Waals surface area contributed by atoms with Crippen molar-refractivity contribution >= 4 is 5.69 Å². The minimum atomic E-state index is 0.0646. The number of para-hydroxylation sites is 2. The highest BCUT2D eigenvalue weighted by molar-refractivity contribution is 5.59. The van der Waals surface area contributed by atoms with Crippen molar-refractivity contribution in [2.24, 2.45) is 11.3 Å². The van der Waals surface area contributed by atoms with Crippen molar-refractivity contribution in [3.63, 3.8) is 0 Å². The van der Waals surface area contributed by atoms with Gasteiger partial charge in [-0.2, -0.15) is 0 Å². The standard InChI is InChI=1S/C18H27NO2/c1-15-6-4-9-18(12-15,14-20)13-19-10-5-11-21-17-8-3-2-7-16(17)19/h2-3,7-8,15,20H,4-6,9-14H2,1H3. The highest BCUT2D eigenvalue weighted by Gasteiger charge is 2.36. The maximum Gasteiger partial charge on any atom is 0.142 e. The third kappa shape index (κ3) is 3.18. The topological polar surface area (TPSA) is 32.7 Å². The smallest absolute Gasteiger partial charge is 0.142 e. The molecule has 1 fully saturated rings. The lowest BCUT2D eigenvalue weighted by atomic mass is 9.70. The van der Waals surface area contributed by atoms with Crippen LogP contribution in [-0.2, 0) is 0 Å². The quantitative estimate of drug-likeness (QED) is 0.925. The molecule has 1 aliphatic heterocycles. The second kappa shape index (κ2) is 6.27. The Morgan fingerprint density at radius 2 is 2.19 bits per heavy atom. The van der Waals surface area contributed by atoms with Crippen molar-refractivity contribution in [3.8, 4) is 5.75 Å². The first kappa shape index (κ1) is 14.7. The molecule has 0 aromatic heterocycles. The maximum atomic E-state index is 10.1. The fourth-order valence-electron chi connectivity index (χ4n) is 4.07. The molecule has 1 aromatic carbocycles. The molecule has 21 heavy (non-hydrogen) atoms. The molecular formula is C18H27NO2. The van der Waals surface area contributed by atoms with Gasteiger partial charge in [0.15, 0.2) is 0 Å². The third-order valence-electron chi connectivity index (χ3n) is 5.08. The summed E-state index contributed by atoms with van der Waals surface area (Å²) >= 11 is 0. The Hall–Kier alpha value is -1.22. The molecule has 0 bridgehead atoms. The van der Waals surface area contributed by atoms with E-state index in [-0.39, 0.29) is 5.41 Å². The van der Waals surface area contributed by atoms with Gasteiger partial charge in [0, 0.05) is 18.5 Å². The number of rotatable bonds is 3. The highest BCUT2D eigenvalue weighted by atomic mass is 16.5. The summed E-state index contributed by atoms with van der Waals surface area (Å²) in [6, 6.07) is 8.32. The van der Waals surface area contributed by atoms with Gasteiger partial charge in [-0.15, -0.1) is 0 Å². The summed E-state index contributed by atoms with van der Waals surface area (Å²) in [5, 5.41) is 10.1. The first-order valence-corrected chi connectivity index (χ1v) is 8.30. The number of nitrogens with zero attached hydrogens (tertiary/aromatic N) is 1. The monoisotopic (exact) mass is 289 g/mol. The van der Waals surface area contributed by atoms with Crippen LogP contribution in [0.2, 0.25) is 0 Å². The number of aliphatic hydroxyl groups excluding tert-OH is 1. The molecule has 2 atom stereocenters. The number of fused-ring (bicyclic) bond motifs is 1. The van der Waals surface area contributed by atoms with E-state index in [1.165, 1.54) is 18.5 Å². The molecule has 1 saturated carbocycles. The van der Waals surface area contributed by atoms with Gasteiger partial charge in [0.05, 0.1) is 18.9 Å². The van der Waals surface area contributed by atoms with Crippen molar-refractivity contribution in [2.75, 3.05) is 31.2 Å². The molecular weight excluding hydrogens is 262 g/mol. The Bertz CT molecular complexity index is 476.